The number of carbonyl (C=O) groups excluding carboxylic acids is 2. The van der Waals surface area contributed by atoms with Crippen LogP contribution >= 0.6 is 0 Å². The van der Waals surface area contributed by atoms with E-state index in [9.17, 15) is 18.8 Å². The number of nitrogen functional groups attached to an aromatic ring is 1. The zero-order valence-electron chi connectivity index (χ0n) is 19.4. The normalized spacial score (nSPS) is 12.2. The van der Waals surface area contributed by atoms with E-state index in [2.05, 4.69) is 20.5 Å². The molecule has 0 spiro atoms. The van der Waals surface area contributed by atoms with E-state index >= 15 is 0 Å². The number of aromatic nitrogens is 4. The predicted octanol–water partition coefficient (Wildman–Crippen LogP) is 2.24. The molecule has 1 aromatic carbocycles. The first kappa shape index (κ1) is 24.7. The minimum Gasteiger partial charge on any atom is -0.418 e. The number of hydrogen-bond acceptors (Lipinski definition) is 8. The third kappa shape index (κ3) is 5.72. The maximum absolute atomic E-state index is 13.3. The van der Waals surface area contributed by atoms with Gasteiger partial charge in [-0.05, 0) is 36.1 Å². The summed E-state index contributed by atoms with van der Waals surface area (Å²) in [6.07, 6.45) is 1.71. The Hall–Kier alpha value is -3.89. The highest BCUT2D eigenvalue weighted by atomic mass is 19.1. The highest BCUT2D eigenvalue weighted by Gasteiger charge is 2.30. The molecule has 0 aliphatic carbocycles. The van der Waals surface area contributed by atoms with Gasteiger partial charge in [-0.3, -0.25) is 19.0 Å². The van der Waals surface area contributed by atoms with Crippen LogP contribution in [0.5, 0.6) is 0 Å². The fraction of sp³-hybridized carbons (Fsp3) is 0.391. The highest BCUT2D eigenvalue weighted by Crippen LogP contribution is 2.17. The summed E-state index contributed by atoms with van der Waals surface area (Å²) in [5.41, 5.74) is 5.34. The van der Waals surface area contributed by atoms with Crippen LogP contribution in [0.15, 0.2) is 39.7 Å². The zero-order valence-corrected chi connectivity index (χ0v) is 19.4. The number of rotatable bonds is 9. The van der Waals surface area contributed by atoms with Crippen molar-refractivity contribution in [3.05, 3.63) is 58.4 Å². The maximum atomic E-state index is 13.3. The van der Waals surface area contributed by atoms with Crippen LogP contribution in [0.4, 0.5) is 10.1 Å². The van der Waals surface area contributed by atoms with Crippen LogP contribution in [0.25, 0.3) is 11.4 Å². The first-order valence-electron chi connectivity index (χ1n) is 10.8. The summed E-state index contributed by atoms with van der Waals surface area (Å²) in [5.74, 6) is -1.35. The van der Waals surface area contributed by atoms with Gasteiger partial charge in [0.1, 0.15) is 23.9 Å². The van der Waals surface area contributed by atoms with Gasteiger partial charge in [0.25, 0.3) is 11.4 Å². The number of nitrogens with zero attached hydrogens (tertiary/aromatic N) is 4. The van der Waals surface area contributed by atoms with Gasteiger partial charge in [-0.25, -0.2) is 9.37 Å². The molecule has 180 valence electrons. The molecule has 0 fully saturated rings. The van der Waals surface area contributed by atoms with E-state index in [0.29, 0.717) is 17.9 Å². The number of amides is 1. The molecule has 10 nitrogen and oxygen atoms in total. The first-order valence-corrected chi connectivity index (χ1v) is 10.8. The van der Waals surface area contributed by atoms with Crippen LogP contribution in [0, 0.1) is 17.7 Å². The Bertz CT molecular complexity index is 1230. The second-order valence-electron chi connectivity index (χ2n) is 8.69. The van der Waals surface area contributed by atoms with Crippen molar-refractivity contribution in [3.8, 4) is 11.4 Å². The molecule has 1 unspecified atom stereocenters. The van der Waals surface area contributed by atoms with Crippen LogP contribution in [0.2, 0.25) is 0 Å². The number of ketones is 1. The lowest BCUT2D eigenvalue weighted by atomic mass is 9.99. The quantitative estimate of drug-likeness (QED) is 0.453. The molecule has 3 N–H and O–H groups in total. The summed E-state index contributed by atoms with van der Waals surface area (Å²) in [6.45, 7) is 7.02. The number of benzene rings is 1. The average Bonchev–Trinajstić information content (AvgIpc) is 3.23. The molecule has 2 heterocycles. The molecule has 1 atom stereocenters. The molecule has 3 aromatic rings. The molecule has 2 aromatic heterocycles. The number of halogens is 1. The average molecular weight is 471 g/mol. The molecular weight excluding hydrogens is 443 g/mol. The number of nitrogens with one attached hydrogen (secondary N) is 1. The third-order valence-corrected chi connectivity index (χ3v) is 5.00. The molecule has 0 aliphatic rings. The van der Waals surface area contributed by atoms with Gasteiger partial charge in [-0.2, -0.15) is 0 Å². The summed E-state index contributed by atoms with van der Waals surface area (Å²) in [4.78, 5) is 42.7. The molecule has 0 radical (unpaired) electrons. The Morgan fingerprint density at radius 2 is 1.82 bits per heavy atom. The van der Waals surface area contributed by atoms with Crippen molar-refractivity contribution in [3.63, 3.8) is 0 Å². The summed E-state index contributed by atoms with van der Waals surface area (Å²) in [6, 6.07) is 4.35. The number of Topliss-reactive ketones (excluding diaryl/α,β-unsaturated/α-hetero) is 1. The van der Waals surface area contributed by atoms with Crippen molar-refractivity contribution in [2.75, 3.05) is 5.73 Å². The van der Waals surface area contributed by atoms with Crippen LogP contribution in [0.1, 0.15) is 44.3 Å². The highest BCUT2D eigenvalue weighted by molar-refractivity contribution is 5.98. The summed E-state index contributed by atoms with van der Waals surface area (Å²) >= 11 is 0. The fourth-order valence-electron chi connectivity index (χ4n) is 3.30. The Morgan fingerprint density at radius 1 is 1.15 bits per heavy atom. The standard InChI is InChI=1S/C23H27FN6O4/c1-12(2)9-18-28-29-22(34-18)20(32)19(13(3)4)27-17(31)11-30-21(26-10-16(25)23(30)33)14-5-7-15(24)8-6-14/h5-8,10,12-13,19H,9,11,25H2,1-4H3,(H,27,31). The largest absolute Gasteiger partial charge is 0.418 e. The van der Waals surface area contributed by atoms with Crippen molar-refractivity contribution >= 4 is 17.4 Å². The minimum absolute atomic E-state index is 0.136. The number of nitrogens with two attached hydrogens (primary N) is 1. The molecule has 0 saturated heterocycles. The molecule has 0 saturated carbocycles. The Morgan fingerprint density at radius 3 is 2.44 bits per heavy atom. The number of anilines is 1. The van der Waals surface area contributed by atoms with Gasteiger partial charge in [-0.15, -0.1) is 10.2 Å². The SMILES string of the molecule is CC(C)Cc1nnc(C(=O)C(NC(=O)Cn2c(-c3ccc(F)cc3)ncc(N)c2=O)C(C)C)o1. The summed E-state index contributed by atoms with van der Waals surface area (Å²) in [7, 11) is 0. The van der Waals surface area contributed by atoms with E-state index in [1.54, 1.807) is 13.8 Å². The van der Waals surface area contributed by atoms with E-state index in [1.807, 2.05) is 13.8 Å². The van der Waals surface area contributed by atoms with Gasteiger partial charge >= 0.3 is 0 Å². The maximum Gasteiger partial charge on any atom is 0.286 e. The molecule has 0 bridgehead atoms. The number of carbonyl (C=O) groups is 2. The second-order valence-corrected chi connectivity index (χ2v) is 8.69. The smallest absolute Gasteiger partial charge is 0.286 e. The van der Waals surface area contributed by atoms with Crippen LogP contribution in [-0.2, 0) is 17.8 Å². The topological polar surface area (TPSA) is 146 Å². The summed E-state index contributed by atoms with van der Waals surface area (Å²) in [5, 5.41) is 10.4. The van der Waals surface area contributed by atoms with Gasteiger partial charge in [-0.1, -0.05) is 27.7 Å². The van der Waals surface area contributed by atoms with Crippen molar-refractivity contribution in [1.82, 2.24) is 25.1 Å². The monoisotopic (exact) mass is 470 g/mol. The van der Waals surface area contributed by atoms with Crippen molar-refractivity contribution in [2.45, 2.75) is 46.7 Å². The Labute approximate surface area is 195 Å². The van der Waals surface area contributed by atoms with Gasteiger partial charge in [0.2, 0.25) is 17.6 Å². The van der Waals surface area contributed by atoms with Gasteiger partial charge in [0.05, 0.1) is 12.2 Å². The summed E-state index contributed by atoms with van der Waals surface area (Å²) < 4.78 is 19.9. The lowest BCUT2D eigenvalue weighted by Gasteiger charge is -2.20. The molecule has 1 amide bonds. The second kappa shape index (κ2) is 10.4. The minimum atomic E-state index is -0.959. The molecule has 3 rings (SSSR count). The number of hydrogen-bond donors (Lipinski definition) is 2. The molecule has 11 heteroatoms. The van der Waals surface area contributed by atoms with Crippen LogP contribution in [0.3, 0.4) is 0 Å². The predicted molar refractivity (Wildman–Crippen MR) is 122 cm³/mol. The Kier molecular flexibility index (Phi) is 7.54. The Balaban J connectivity index is 1.84. The molecule has 34 heavy (non-hydrogen) atoms. The lowest BCUT2D eigenvalue weighted by Crippen LogP contribution is -2.46. The molecule has 0 aliphatic heterocycles. The fourth-order valence-corrected chi connectivity index (χ4v) is 3.30. The van der Waals surface area contributed by atoms with Gasteiger partial charge in [0.15, 0.2) is 0 Å². The van der Waals surface area contributed by atoms with Crippen LogP contribution < -0.4 is 16.6 Å². The lowest BCUT2D eigenvalue weighted by molar-refractivity contribution is -0.122. The van der Waals surface area contributed by atoms with Crippen molar-refractivity contribution in [1.29, 1.82) is 0 Å². The van der Waals surface area contributed by atoms with E-state index in [4.69, 9.17) is 10.2 Å². The van der Waals surface area contributed by atoms with Gasteiger partial charge < -0.3 is 15.5 Å². The van der Waals surface area contributed by atoms with Crippen LogP contribution in [-0.4, -0.2) is 37.5 Å². The first-order chi connectivity index (χ1) is 16.1. The van der Waals surface area contributed by atoms with E-state index in [0.717, 1.165) is 4.57 Å². The zero-order chi connectivity index (χ0) is 25.0. The van der Waals surface area contributed by atoms with Gasteiger partial charge in [0, 0.05) is 12.0 Å². The van der Waals surface area contributed by atoms with Crippen molar-refractivity contribution in [2.24, 2.45) is 11.8 Å². The van der Waals surface area contributed by atoms with E-state index in [1.165, 1.54) is 30.5 Å². The van der Waals surface area contributed by atoms with Crippen molar-refractivity contribution < 1.29 is 18.4 Å². The third-order valence-electron chi connectivity index (χ3n) is 5.00. The van der Waals surface area contributed by atoms with E-state index in [-0.39, 0.29) is 29.2 Å². The molecular formula is C23H27FN6O4. The van der Waals surface area contributed by atoms with E-state index < -0.39 is 35.7 Å².